The molecular weight excluding hydrogens is 505 g/mol. The number of aliphatic imine (C=N–C) groups is 1. The molecule has 1 atom stereocenters. The summed E-state index contributed by atoms with van der Waals surface area (Å²) in [7, 11) is 1.82. The summed E-state index contributed by atoms with van der Waals surface area (Å²) in [6.07, 6.45) is 1.09. The number of hydrogen-bond acceptors (Lipinski definition) is 5. The van der Waals surface area contributed by atoms with E-state index >= 15 is 0 Å². The van der Waals surface area contributed by atoms with Gasteiger partial charge in [0.2, 0.25) is 0 Å². The first-order valence-electron chi connectivity index (χ1n) is 11.4. The summed E-state index contributed by atoms with van der Waals surface area (Å²) in [5.74, 6) is 2.29. The van der Waals surface area contributed by atoms with Crippen LogP contribution in [0.2, 0.25) is 0 Å². The van der Waals surface area contributed by atoms with Crippen molar-refractivity contribution in [2.45, 2.75) is 26.8 Å². The van der Waals surface area contributed by atoms with E-state index in [1.807, 2.05) is 7.05 Å². The summed E-state index contributed by atoms with van der Waals surface area (Å²) >= 11 is 0. The van der Waals surface area contributed by atoms with Crippen LogP contribution in [0.25, 0.3) is 0 Å². The normalized spacial score (nSPS) is 20.4. The lowest BCUT2D eigenvalue weighted by Gasteiger charge is -2.34. The number of guanidine groups is 1. The molecule has 176 valence electrons. The van der Waals surface area contributed by atoms with Gasteiger partial charge in [0, 0.05) is 70.9 Å². The Labute approximate surface area is 205 Å². The highest BCUT2D eigenvalue weighted by Gasteiger charge is 2.17. The molecule has 0 aromatic heterocycles. The lowest BCUT2D eigenvalue weighted by Crippen LogP contribution is -2.49. The van der Waals surface area contributed by atoms with Crippen LogP contribution in [0.4, 0.5) is 0 Å². The molecule has 0 radical (unpaired) electrons. The van der Waals surface area contributed by atoms with Gasteiger partial charge in [0.25, 0.3) is 0 Å². The van der Waals surface area contributed by atoms with Gasteiger partial charge in [-0.2, -0.15) is 0 Å². The lowest BCUT2D eigenvalue weighted by molar-refractivity contribution is 0.139. The number of nitrogens with one attached hydrogen (secondary N) is 2. The molecule has 2 saturated heterocycles. The van der Waals surface area contributed by atoms with Crippen molar-refractivity contribution in [1.29, 1.82) is 0 Å². The van der Waals surface area contributed by atoms with Crippen LogP contribution in [-0.4, -0.2) is 88.4 Å². The fraction of sp³-hybridized carbons (Fsp3) is 0.696. The molecule has 1 aromatic carbocycles. The molecule has 2 N–H and O–H groups in total. The van der Waals surface area contributed by atoms with E-state index in [0.29, 0.717) is 19.1 Å². The Morgan fingerprint density at radius 1 is 1.19 bits per heavy atom. The predicted molar refractivity (Wildman–Crippen MR) is 138 cm³/mol. The second-order valence-corrected chi connectivity index (χ2v) is 8.28. The SMILES string of the molecule is CCN1CCN(CCNC(=NC)NCc2ccc(C)cc2OCC2CCOC2)CC1.I. The number of benzene rings is 1. The van der Waals surface area contributed by atoms with Crippen LogP contribution in [0.1, 0.15) is 24.5 Å². The summed E-state index contributed by atoms with van der Waals surface area (Å²) in [5.41, 5.74) is 2.36. The standard InChI is InChI=1S/C23H39N5O2.HI/c1-4-27-10-12-28(13-11-27)9-8-25-23(24-3)26-16-21-6-5-19(2)15-22(21)30-18-20-7-14-29-17-20;/h5-6,15,20H,4,7-14,16-18H2,1-3H3,(H2,24,25,26);1H. The van der Waals surface area contributed by atoms with Crippen molar-refractivity contribution in [2.75, 3.05) is 72.7 Å². The van der Waals surface area contributed by atoms with Gasteiger partial charge in [0.15, 0.2) is 5.96 Å². The molecule has 2 heterocycles. The van der Waals surface area contributed by atoms with Crippen molar-refractivity contribution in [1.82, 2.24) is 20.4 Å². The molecule has 0 spiro atoms. The average Bonchev–Trinajstić information content (AvgIpc) is 3.29. The molecule has 3 rings (SSSR count). The molecule has 0 aliphatic carbocycles. The van der Waals surface area contributed by atoms with Gasteiger partial charge in [-0.25, -0.2) is 0 Å². The van der Waals surface area contributed by atoms with Gasteiger partial charge in [0.1, 0.15) is 5.75 Å². The maximum Gasteiger partial charge on any atom is 0.191 e. The molecule has 1 unspecified atom stereocenters. The van der Waals surface area contributed by atoms with Crippen LogP contribution in [0.15, 0.2) is 23.2 Å². The van der Waals surface area contributed by atoms with E-state index in [1.54, 1.807) is 0 Å². The van der Waals surface area contributed by atoms with Crippen molar-refractivity contribution in [3.8, 4) is 5.75 Å². The Hall–Kier alpha value is -1.10. The molecule has 2 fully saturated rings. The fourth-order valence-corrected chi connectivity index (χ4v) is 3.93. The summed E-state index contributed by atoms with van der Waals surface area (Å²) in [4.78, 5) is 9.40. The van der Waals surface area contributed by atoms with E-state index in [4.69, 9.17) is 9.47 Å². The van der Waals surface area contributed by atoms with Gasteiger partial charge in [0.05, 0.1) is 13.2 Å². The zero-order chi connectivity index (χ0) is 21.2. The van der Waals surface area contributed by atoms with Gasteiger partial charge >= 0.3 is 0 Å². The molecule has 31 heavy (non-hydrogen) atoms. The third kappa shape index (κ3) is 8.75. The molecule has 0 saturated carbocycles. The first kappa shape index (κ1) is 26.2. The minimum Gasteiger partial charge on any atom is -0.493 e. The van der Waals surface area contributed by atoms with Crippen LogP contribution in [0.5, 0.6) is 5.75 Å². The number of nitrogens with zero attached hydrogens (tertiary/aromatic N) is 3. The smallest absolute Gasteiger partial charge is 0.191 e. The number of piperazine rings is 1. The molecule has 2 aliphatic heterocycles. The largest absolute Gasteiger partial charge is 0.493 e. The number of ether oxygens (including phenoxy) is 2. The zero-order valence-electron chi connectivity index (χ0n) is 19.4. The van der Waals surface area contributed by atoms with Gasteiger partial charge in [-0.05, 0) is 31.5 Å². The van der Waals surface area contributed by atoms with E-state index < -0.39 is 0 Å². The van der Waals surface area contributed by atoms with Crippen LogP contribution < -0.4 is 15.4 Å². The van der Waals surface area contributed by atoms with Crippen molar-refractivity contribution in [3.63, 3.8) is 0 Å². The van der Waals surface area contributed by atoms with E-state index in [0.717, 1.165) is 69.6 Å². The maximum atomic E-state index is 6.16. The van der Waals surface area contributed by atoms with Gasteiger partial charge in [-0.1, -0.05) is 19.1 Å². The Morgan fingerprint density at radius 2 is 1.97 bits per heavy atom. The Bertz CT molecular complexity index is 674. The van der Waals surface area contributed by atoms with E-state index in [-0.39, 0.29) is 24.0 Å². The van der Waals surface area contributed by atoms with Crippen LogP contribution in [0.3, 0.4) is 0 Å². The van der Waals surface area contributed by atoms with Crippen LogP contribution in [0, 0.1) is 12.8 Å². The van der Waals surface area contributed by atoms with Gasteiger partial charge in [-0.3, -0.25) is 9.89 Å². The van der Waals surface area contributed by atoms with Crippen LogP contribution in [-0.2, 0) is 11.3 Å². The van der Waals surface area contributed by atoms with E-state index in [9.17, 15) is 0 Å². The molecule has 8 heteroatoms. The third-order valence-electron chi connectivity index (χ3n) is 6.02. The quantitative estimate of drug-likeness (QED) is 0.282. The predicted octanol–water partition coefficient (Wildman–Crippen LogP) is 2.33. The molecule has 7 nitrogen and oxygen atoms in total. The van der Waals surface area contributed by atoms with E-state index in [1.165, 1.54) is 18.7 Å². The van der Waals surface area contributed by atoms with Crippen LogP contribution >= 0.6 is 24.0 Å². The summed E-state index contributed by atoms with van der Waals surface area (Å²) < 4.78 is 11.6. The molecule has 0 bridgehead atoms. The maximum absolute atomic E-state index is 6.16. The fourth-order valence-electron chi connectivity index (χ4n) is 3.93. The van der Waals surface area contributed by atoms with Crippen molar-refractivity contribution >= 4 is 29.9 Å². The number of rotatable bonds is 9. The molecular formula is C23H40IN5O2. The number of hydrogen-bond donors (Lipinski definition) is 2. The minimum absolute atomic E-state index is 0. The monoisotopic (exact) mass is 545 g/mol. The third-order valence-corrected chi connectivity index (χ3v) is 6.02. The highest BCUT2D eigenvalue weighted by molar-refractivity contribution is 14.0. The minimum atomic E-state index is 0. The van der Waals surface area contributed by atoms with Crippen molar-refractivity contribution in [2.24, 2.45) is 10.9 Å². The average molecular weight is 546 g/mol. The Morgan fingerprint density at radius 3 is 2.65 bits per heavy atom. The number of halogens is 1. The highest BCUT2D eigenvalue weighted by atomic mass is 127. The van der Waals surface area contributed by atoms with Gasteiger partial charge in [-0.15, -0.1) is 24.0 Å². The summed E-state index contributed by atoms with van der Waals surface area (Å²) in [6, 6.07) is 6.40. The first-order valence-corrected chi connectivity index (χ1v) is 11.4. The summed E-state index contributed by atoms with van der Waals surface area (Å²) in [5, 5.41) is 6.88. The first-order chi connectivity index (χ1) is 14.7. The Balaban J connectivity index is 0.00000341. The Kier molecular flexibility index (Phi) is 11.9. The molecule has 1 aromatic rings. The highest BCUT2D eigenvalue weighted by Crippen LogP contribution is 2.22. The molecule has 2 aliphatic rings. The summed E-state index contributed by atoms with van der Waals surface area (Å²) in [6.45, 7) is 15.1. The zero-order valence-corrected chi connectivity index (χ0v) is 21.7. The number of aryl methyl sites for hydroxylation is 1. The topological polar surface area (TPSA) is 61.4 Å². The van der Waals surface area contributed by atoms with Crippen molar-refractivity contribution in [3.05, 3.63) is 29.3 Å². The lowest BCUT2D eigenvalue weighted by atomic mass is 10.1. The van der Waals surface area contributed by atoms with E-state index in [2.05, 4.69) is 57.5 Å². The second kappa shape index (κ2) is 14.1. The molecule has 0 amide bonds. The van der Waals surface area contributed by atoms with Crippen molar-refractivity contribution < 1.29 is 9.47 Å². The second-order valence-electron chi connectivity index (χ2n) is 8.28. The number of likely N-dealkylation sites (N-methyl/N-ethyl adjacent to an activating group) is 1. The van der Waals surface area contributed by atoms with Gasteiger partial charge < -0.3 is 25.0 Å².